The zero-order valence-electron chi connectivity index (χ0n) is 14.7. The summed E-state index contributed by atoms with van der Waals surface area (Å²) in [6, 6.07) is 21.2. The molecule has 0 unspecified atom stereocenters. The third-order valence-corrected chi connectivity index (χ3v) is 5.69. The van der Waals surface area contributed by atoms with Gasteiger partial charge in [-0.2, -0.15) is 5.10 Å². The Labute approximate surface area is 152 Å². The summed E-state index contributed by atoms with van der Waals surface area (Å²) in [5, 5.41) is 5.75. The zero-order chi connectivity index (χ0) is 17.4. The third-order valence-electron chi connectivity index (χ3n) is 4.55. The molecule has 1 aliphatic heterocycles. The third kappa shape index (κ3) is 2.98. The second kappa shape index (κ2) is 6.45. The van der Waals surface area contributed by atoms with Crippen molar-refractivity contribution in [1.82, 2.24) is 9.99 Å². The van der Waals surface area contributed by atoms with E-state index in [0.29, 0.717) is 0 Å². The number of hydrazone groups is 1. The molecule has 1 aromatic heterocycles. The van der Waals surface area contributed by atoms with E-state index in [2.05, 4.69) is 90.5 Å². The maximum absolute atomic E-state index is 4.55. The average Bonchev–Trinajstić information content (AvgIpc) is 3.20. The van der Waals surface area contributed by atoms with Crippen molar-refractivity contribution >= 4 is 16.8 Å². The van der Waals surface area contributed by atoms with Gasteiger partial charge in [-0.25, -0.2) is 0 Å². The van der Waals surface area contributed by atoms with Gasteiger partial charge >= 0.3 is 0 Å². The van der Waals surface area contributed by atoms with Crippen molar-refractivity contribution in [2.24, 2.45) is 5.10 Å². The van der Waals surface area contributed by atoms with Crippen molar-refractivity contribution in [2.75, 3.05) is 0 Å². The first kappa shape index (κ1) is 16.0. The summed E-state index contributed by atoms with van der Waals surface area (Å²) in [7, 11) is 0. The van der Waals surface area contributed by atoms with Crippen molar-refractivity contribution in [3.8, 4) is 5.69 Å². The Bertz CT molecular complexity index is 941. The predicted molar refractivity (Wildman–Crippen MR) is 106 cm³/mol. The molecule has 1 atom stereocenters. The number of aryl methyl sites for hydroxylation is 2. The molecule has 0 aliphatic carbocycles. The number of nitrogens with zero attached hydrogens (tertiary/aromatic N) is 2. The van der Waals surface area contributed by atoms with Crippen molar-refractivity contribution in [1.29, 1.82) is 0 Å². The zero-order valence-corrected chi connectivity index (χ0v) is 15.5. The molecule has 0 spiro atoms. The quantitative estimate of drug-likeness (QED) is 0.714. The van der Waals surface area contributed by atoms with Gasteiger partial charge in [0.05, 0.1) is 0 Å². The highest BCUT2D eigenvalue weighted by molar-refractivity contribution is 8.14. The van der Waals surface area contributed by atoms with E-state index in [1.165, 1.54) is 28.2 Å². The molecule has 1 aliphatic rings. The van der Waals surface area contributed by atoms with E-state index in [1.54, 1.807) is 11.8 Å². The van der Waals surface area contributed by atoms with Gasteiger partial charge in [0.1, 0.15) is 10.4 Å². The fraction of sp³-hybridized carbons (Fsp3) is 0.190. The summed E-state index contributed by atoms with van der Waals surface area (Å²) in [6.45, 7) is 6.48. The lowest BCUT2D eigenvalue weighted by Crippen LogP contribution is -2.08. The van der Waals surface area contributed by atoms with Gasteiger partial charge in [-0.15, -0.1) is 0 Å². The second-order valence-electron chi connectivity index (χ2n) is 6.41. The molecular formula is C21H21N3S. The number of hydrogen-bond donors (Lipinski definition) is 1. The maximum Gasteiger partial charge on any atom is 0.126 e. The Kier molecular flexibility index (Phi) is 4.14. The van der Waals surface area contributed by atoms with Crippen LogP contribution in [0.3, 0.4) is 0 Å². The number of hydrogen-bond acceptors (Lipinski definition) is 3. The van der Waals surface area contributed by atoms with Gasteiger partial charge < -0.3 is 4.57 Å². The van der Waals surface area contributed by atoms with Crippen molar-refractivity contribution < 1.29 is 0 Å². The summed E-state index contributed by atoms with van der Waals surface area (Å²) in [4.78, 5) is 0. The number of thioether (sulfide) groups is 1. The van der Waals surface area contributed by atoms with Crippen LogP contribution in [0.15, 0.2) is 65.8 Å². The van der Waals surface area contributed by atoms with E-state index >= 15 is 0 Å². The van der Waals surface area contributed by atoms with Gasteiger partial charge in [0.2, 0.25) is 0 Å². The van der Waals surface area contributed by atoms with E-state index in [4.69, 9.17) is 0 Å². The predicted octanol–water partition coefficient (Wildman–Crippen LogP) is 5.10. The lowest BCUT2D eigenvalue weighted by atomic mass is 10.2. The van der Waals surface area contributed by atoms with Gasteiger partial charge in [-0.1, -0.05) is 54.2 Å². The van der Waals surface area contributed by atoms with Crippen LogP contribution in [0, 0.1) is 20.8 Å². The van der Waals surface area contributed by atoms with Crippen LogP contribution in [0.2, 0.25) is 0 Å². The Hall–Kier alpha value is -2.46. The Morgan fingerprint density at radius 2 is 1.76 bits per heavy atom. The summed E-state index contributed by atoms with van der Waals surface area (Å²) in [6.07, 6.45) is 0. The van der Waals surface area contributed by atoms with E-state index in [-0.39, 0.29) is 5.37 Å². The molecule has 4 heteroatoms. The molecule has 0 saturated carbocycles. The molecule has 126 valence electrons. The van der Waals surface area contributed by atoms with E-state index < -0.39 is 0 Å². The van der Waals surface area contributed by atoms with E-state index in [9.17, 15) is 0 Å². The van der Waals surface area contributed by atoms with Crippen molar-refractivity contribution in [2.45, 2.75) is 26.1 Å². The number of nitrogens with one attached hydrogen (secondary N) is 1. The lowest BCUT2D eigenvalue weighted by molar-refractivity contribution is 0.737. The number of benzene rings is 2. The summed E-state index contributed by atoms with van der Waals surface area (Å²) < 4.78 is 2.32. The molecule has 3 aromatic rings. The van der Waals surface area contributed by atoms with E-state index in [0.717, 1.165) is 10.6 Å². The average molecular weight is 347 g/mol. The molecule has 4 rings (SSSR count). The second-order valence-corrected chi connectivity index (χ2v) is 7.50. The number of rotatable bonds is 3. The molecule has 0 amide bonds. The Morgan fingerprint density at radius 3 is 2.52 bits per heavy atom. The van der Waals surface area contributed by atoms with Gasteiger partial charge in [0.25, 0.3) is 0 Å². The highest BCUT2D eigenvalue weighted by Gasteiger charge is 2.26. The van der Waals surface area contributed by atoms with Crippen LogP contribution < -0.4 is 5.43 Å². The molecular weight excluding hydrogens is 326 g/mol. The van der Waals surface area contributed by atoms with Crippen LogP contribution in [0.25, 0.3) is 5.69 Å². The van der Waals surface area contributed by atoms with Crippen molar-refractivity contribution in [3.05, 3.63) is 88.7 Å². The highest BCUT2D eigenvalue weighted by Crippen LogP contribution is 2.37. The van der Waals surface area contributed by atoms with Crippen LogP contribution in [0.4, 0.5) is 0 Å². The van der Waals surface area contributed by atoms with Crippen LogP contribution >= 0.6 is 11.8 Å². The first-order valence-corrected chi connectivity index (χ1v) is 9.32. The van der Waals surface area contributed by atoms with Crippen LogP contribution in [0.1, 0.15) is 33.5 Å². The number of aromatic nitrogens is 1. The molecule has 0 bridgehead atoms. The van der Waals surface area contributed by atoms with E-state index in [1.807, 2.05) is 6.07 Å². The molecule has 2 heterocycles. The van der Waals surface area contributed by atoms with Crippen LogP contribution in [-0.4, -0.2) is 9.61 Å². The smallest absolute Gasteiger partial charge is 0.126 e. The first-order chi connectivity index (χ1) is 12.1. The topological polar surface area (TPSA) is 29.3 Å². The molecule has 1 N–H and O–H groups in total. The SMILES string of the molecule is Cc1cccc(-n2c(C)cc([C@@H]3NN=C(c4ccccc4)S3)c2C)c1. The summed E-state index contributed by atoms with van der Waals surface area (Å²) in [5.74, 6) is 0. The lowest BCUT2D eigenvalue weighted by Gasteiger charge is -2.13. The van der Waals surface area contributed by atoms with Crippen LogP contribution in [0.5, 0.6) is 0 Å². The Balaban J connectivity index is 1.64. The fourth-order valence-corrected chi connectivity index (χ4v) is 4.42. The molecule has 0 saturated heterocycles. The molecule has 0 radical (unpaired) electrons. The summed E-state index contributed by atoms with van der Waals surface area (Å²) in [5.41, 5.74) is 10.8. The normalized spacial score (nSPS) is 16.6. The van der Waals surface area contributed by atoms with Gasteiger partial charge in [-0.05, 0) is 44.5 Å². The summed E-state index contributed by atoms with van der Waals surface area (Å²) >= 11 is 1.78. The fourth-order valence-electron chi connectivity index (χ4n) is 3.35. The largest absolute Gasteiger partial charge is 0.318 e. The minimum Gasteiger partial charge on any atom is -0.318 e. The van der Waals surface area contributed by atoms with Crippen LogP contribution in [-0.2, 0) is 0 Å². The van der Waals surface area contributed by atoms with Gasteiger partial charge in [0.15, 0.2) is 0 Å². The first-order valence-electron chi connectivity index (χ1n) is 8.44. The Morgan fingerprint density at radius 1 is 0.960 bits per heavy atom. The molecule has 0 fully saturated rings. The standard InChI is InChI=1S/C21H21N3S/c1-14-8-7-11-18(12-14)24-15(2)13-19(16(24)3)21-23-22-20(25-21)17-9-5-4-6-10-17/h4-13,21,23H,1-3H3/t21-/m1/s1. The van der Waals surface area contributed by atoms with Gasteiger partial charge in [-0.3, -0.25) is 5.43 Å². The molecule has 2 aromatic carbocycles. The van der Waals surface area contributed by atoms with Gasteiger partial charge in [0, 0.05) is 28.2 Å². The monoisotopic (exact) mass is 347 g/mol. The molecule has 3 nitrogen and oxygen atoms in total. The molecule has 25 heavy (non-hydrogen) atoms. The highest BCUT2D eigenvalue weighted by atomic mass is 32.2. The maximum atomic E-state index is 4.55. The minimum absolute atomic E-state index is 0.153. The van der Waals surface area contributed by atoms with Crippen molar-refractivity contribution in [3.63, 3.8) is 0 Å². The minimum atomic E-state index is 0.153.